The summed E-state index contributed by atoms with van der Waals surface area (Å²) in [5.41, 5.74) is 5.91. The fraction of sp³-hybridized carbons (Fsp3) is 0. The molecule has 0 fully saturated rings. The van der Waals surface area contributed by atoms with Crippen LogP contribution in [0.4, 0.5) is 5.82 Å². The highest BCUT2D eigenvalue weighted by Gasteiger charge is 2.17. The van der Waals surface area contributed by atoms with Gasteiger partial charge < -0.3 is 4.85 Å². The topological polar surface area (TPSA) is 168 Å². The summed E-state index contributed by atoms with van der Waals surface area (Å²) in [6.07, 6.45) is 4.69. The molecule has 0 unspecified atom stereocenters. The van der Waals surface area contributed by atoms with Crippen molar-refractivity contribution in [3.8, 4) is 80.5 Å². The van der Waals surface area contributed by atoms with Crippen LogP contribution in [-0.4, -0.2) is 44.9 Å². The first-order valence-corrected chi connectivity index (χ1v) is 14.4. The highest BCUT2D eigenvalue weighted by molar-refractivity contribution is 5.70. The predicted molar refractivity (Wildman–Crippen MR) is 175 cm³/mol. The van der Waals surface area contributed by atoms with Crippen molar-refractivity contribution in [3.05, 3.63) is 132 Å². The van der Waals surface area contributed by atoms with Crippen molar-refractivity contribution in [2.24, 2.45) is 0 Å². The van der Waals surface area contributed by atoms with E-state index in [0.717, 1.165) is 5.56 Å². The van der Waals surface area contributed by atoms with Gasteiger partial charge >= 0.3 is 0 Å². The van der Waals surface area contributed by atoms with Crippen LogP contribution in [0.25, 0.3) is 73.2 Å². The van der Waals surface area contributed by atoms with Gasteiger partial charge in [0, 0.05) is 23.5 Å². The third-order valence-electron chi connectivity index (χ3n) is 7.07. The highest BCUT2D eigenvalue weighted by atomic mass is 15.1. The molecular formula is C36H18N12. The zero-order valence-corrected chi connectivity index (χ0v) is 24.8. The van der Waals surface area contributed by atoms with Crippen molar-refractivity contribution in [1.82, 2.24) is 44.9 Å². The standard InChI is InChI=1S/C36H18N12/c1-39-33-19-24(13-16-42-33)29-7-4-10-32(45-29)36-47-34(30-8-2-5-27(43-30)22-11-14-40-25(17-22)20-37)46-35(48-36)31-9-3-6-28(44-31)23-12-15-41-26(18-23)21-38/h2-19H. The molecule has 0 aliphatic rings. The molecule has 0 saturated carbocycles. The van der Waals surface area contributed by atoms with Gasteiger partial charge in [-0.25, -0.2) is 39.9 Å². The molecular weight excluding hydrogens is 600 g/mol. The average molecular weight is 619 g/mol. The Balaban J connectivity index is 1.38. The lowest BCUT2D eigenvalue weighted by molar-refractivity contribution is 1.04. The first-order valence-electron chi connectivity index (χ1n) is 14.4. The molecule has 7 rings (SSSR count). The molecule has 0 aliphatic carbocycles. The summed E-state index contributed by atoms with van der Waals surface area (Å²) < 4.78 is 0. The van der Waals surface area contributed by atoms with Gasteiger partial charge in [0.05, 0.1) is 17.1 Å². The summed E-state index contributed by atoms with van der Waals surface area (Å²) in [5.74, 6) is 1.09. The first kappa shape index (κ1) is 29.1. The Morgan fingerprint density at radius 1 is 0.458 bits per heavy atom. The third-order valence-corrected chi connectivity index (χ3v) is 7.07. The molecule has 0 aromatic carbocycles. The van der Waals surface area contributed by atoms with Gasteiger partial charge in [0.2, 0.25) is 0 Å². The van der Waals surface area contributed by atoms with Crippen LogP contribution in [0.5, 0.6) is 0 Å². The Kier molecular flexibility index (Phi) is 7.75. The largest absolute Gasteiger partial charge is 0.361 e. The summed E-state index contributed by atoms with van der Waals surface area (Å²) in [5, 5.41) is 18.7. The van der Waals surface area contributed by atoms with Crippen LogP contribution in [0.1, 0.15) is 11.4 Å². The zero-order chi connectivity index (χ0) is 32.9. The number of pyridine rings is 6. The molecule has 0 bridgehead atoms. The lowest BCUT2D eigenvalue weighted by Gasteiger charge is -2.10. The van der Waals surface area contributed by atoms with Gasteiger partial charge in [-0.3, -0.25) is 0 Å². The number of nitriles is 2. The van der Waals surface area contributed by atoms with Gasteiger partial charge in [0.25, 0.3) is 5.82 Å². The molecule has 222 valence electrons. The average Bonchev–Trinajstić information content (AvgIpc) is 3.18. The SMILES string of the molecule is [C-]#[N+]c1cc(-c2cccc(-c3nc(-c4cccc(-c5ccnc(C#N)c5)n4)nc(-c4cccc(-c5ccnc(C#N)c5)n4)n3)n2)ccn1. The monoisotopic (exact) mass is 618 g/mol. The lowest BCUT2D eigenvalue weighted by Crippen LogP contribution is -2.04. The van der Waals surface area contributed by atoms with Crippen molar-refractivity contribution in [2.75, 3.05) is 0 Å². The van der Waals surface area contributed by atoms with Gasteiger partial charge in [-0.2, -0.15) is 10.5 Å². The second-order valence-electron chi connectivity index (χ2n) is 10.1. The van der Waals surface area contributed by atoms with Crippen molar-refractivity contribution in [1.29, 1.82) is 10.5 Å². The Hall–Kier alpha value is -7.62. The van der Waals surface area contributed by atoms with Gasteiger partial charge in [0.1, 0.15) is 46.8 Å². The molecule has 7 aromatic rings. The number of aromatic nitrogens is 9. The van der Waals surface area contributed by atoms with E-state index in [1.165, 1.54) is 0 Å². The third kappa shape index (κ3) is 6.02. The van der Waals surface area contributed by atoms with E-state index in [1.807, 2.05) is 36.4 Å². The van der Waals surface area contributed by atoms with E-state index < -0.39 is 0 Å². The zero-order valence-electron chi connectivity index (χ0n) is 24.8. The minimum atomic E-state index is 0.258. The van der Waals surface area contributed by atoms with E-state index >= 15 is 0 Å². The summed E-state index contributed by atoms with van der Waals surface area (Å²) in [6, 6.07) is 30.8. The normalized spacial score (nSPS) is 10.4. The Morgan fingerprint density at radius 2 is 0.833 bits per heavy atom. The molecule has 0 radical (unpaired) electrons. The number of hydrogen-bond donors (Lipinski definition) is 0. The summed E-state index contributed by atoms with van der Waals surface area (Å²) in [6.45, 7) is 7.34. The number of nitrogens with zero attached hydrogens (tertiary/aromatic N) is 12. The molecule has 0 atom stereocenters. The van der Waals surface area contributed by atoms with Crippen molar-refractivity contribution < 1.29 is 0 Å². The molecule has 12 nitrogen and oxygen atoms in total. The van der Waals surface area contributed by atoms with E-state index in [-0.39, 0.29) is 34.7 Å². The van der Waals surface area contributed by atoms with E-state index in [1.54, 1.807) is 73.2 Å². The smallest absolute Gasteiger partial charge is 0.270 e. The molecule has 12 heteroatoms. The van der Waals surface area contributed by atoms with Crippen LogP contribution >= 0.6 is 0 Å². The molecule has 7 heterocycles. The second kappa shape index (κ2) is 12.8. The first-order chi connectivity index (χ1) is 23.6. The molecule has 48 heavy (non-hydrogen) atoms. The summed E-state index contributed by atoms with van der Waals surface area (Å²) in [4.78, 5) is 44.5. The fourth-order valence-electron chi connectivity index (χ4n) is 4.82. The van der Waals surface area contributed by atoms with Crippen LogP contribution in [0.15, 0.2) is 110 Å². The van der Waals surface area contributed by atoms with Crippen molar-refractivity contribution in [2.45, 2.75) is 0 Å². The maximum absolute atomic E-state index is 9.35. The van der Waals surface area contributed by atoms with Crippen molar-refractivity contribution >= 4 is 5.82 Å². The van der Waals surface area contributed by atoms with Gasteiger partial charge in [-0.15, -0.1) is 4.98 Å². The quantitative estimate of drug-likeness (QED) is 0.186. The summed E-state index contributed by atoms with van der Waals surface area (Å²) in [7, 11) is 0. The minimum absolute atomic E-state index is 0.258. The molecule has 7 aromatic heterocycles. The van der Waals surface area contributed by atoms with Crippen LogP contribution in [-0.2, 0) is 0 Å². The van der Waals surface area contributed by atoms with Crippen molar-refractivity contribution in [3.63, 3.8) is 0 Å². The minimum Gasteiger partial charge on any atom is -0.361 e. The van der Waals surface area contributed by atoms with E-state index in [9.17, 15) is 10.5 Å². The van der Waals surface area contributed by atoms with Gasteiger partial charge in [0.15, 0.2) is 17.5 Å². The van der Waals surface area contributed by atoms with Gasteiger partial charge in [-0.05, 0) is 78.4 Å². The van der Waals surface area contributed by atoms with E-state index in [0.29, 0.717) is 45.3 Å². The predicted octanol–water partition coefficient (Wildman–Crippen LogP) is 6.54. The molecule has 0 saturated heterocycles. The fourth-order valence-corrected chi connectivity index (χ4v) is 4.82. The van der Waals surface area contributed by atoms with Crippen LogP contribution in [0, 0.1) is 29.2 Å². The van der Waals surface area contributed by atoms with Crippen LogP contribution in [0.3, 0.4) is 0 Å². The summed E-state index contributed by atoms with van der Waals surface area (Å²) >= 11 is 0. The van der Waals surface area contributed by atoms with E-state index in [2.05, 4.69) is 31.9 Å². The Bertz CT molecular complexity index is 2190. The highest BCUT2D eigenvalue weighted by Crippen LogP contribution is 2.28. The molecule has 0 amide bonds. The maximum Gasteiger partial charge on any atom is 0.270 e. The molecule has 0 N–H and O–H groups in total. The maximum atomic E-state index is 9.35. The van der Waals surface area contributed by atoms with E-state index in [4.69, 9.17) is 36.5 Å². The van der Waals surface area contributed by atoms with Crippen LogP contribution in [0.2, 0.25) is 0 Å². The lowest BCUT2D eigenvalue weighted by atomic mass is 10.1. The van der Waals surface area contributed by atoms with Crippen LogP contribution < -0.4 is 0 Å². The molecule has 0 spiro atoms. The Labute approximate surface area is 273 Å². The number of rotatable bonds is 6. The number of hydrogen-bond acceptors (Lipinski definition) is 11. The second-order valence-corrected chi connectivity index (χ2v) is 10.1. The Morgan fingerprint density at radius 3 is 1.23 bits per heavy atom. The van der Waals surface area contributed by atoms with Gasteiger partial charge in [-0.1, -0.05) is 24.8 Å². The molecule has 0 aliphatic heterocycles.